The summed E-state index contributed by atoms with van der Waals surface area (Å²) in [5, 5.41) is 1.62. The fourth-order valence-electron chi connectivity index (χ4n) is 3.67. The number of fused-ring (bicyclic) bond motifs is 1. The Morgan fingerprint density at radius 2 is 1.82 bits per heavy atom. The van der Waals surface area contributed by atoms with Gasteiger partial charge in [-0.1, -0.05) is 22.0 Å². The minimum atomic E-state index is -0.526. The molecule has 2 aromatic heterocycles. The van der Waals surface area contributed by atoms with E-state index in [9.17, 15) is 9.59 Å². The van der Waals surface area contributed by atoms with Crippen molar-refractivity contribution in [3.63, 3.8) is 0 Å². The summed E-state index contributed by atoms with van der Waals surface area (Å²) in [4.78, 5) is 37.8. The first-order valence-electron chi connectivity index (χ1n) is 11.4. The molecule has 0 radical (unpaired) electrons. The van der Waals surface area contributed by atoms with Gasteiger partial charge in [0.15, 0.2) is 5.78 Å². The van der Waals surface area contributed by atoms with Gasteiger partial charge in [0.25, 0.3) is 0 Å². The van der Waals surface area contributed by atoms with Gasteiger partial charge in [-0.2, -0.15) is 0 Å². The minimum absolute atomic E-state index is 0.0858. The quantitative estimate of drug-likeness (QED) is 0.464. The highest BCUT2D eigenvalue weighted by Gasteiger charge is 2.26. The van der Waals surface area contributed by atoms with Crippen LogP contribution >= 0.6 is 15.9 Å². The zero-order valence-electron chi connectivity index (χ0n) is 20.0. The van der Waals surface area contributed by atoms with Crippen LogP contribution in [0, 0.1) is 0 Å². The molecule has 1 fully saturated rings. The van der Waals surface area contributed by atoms with E-state index in [2.05, 4.69) is 30.8 Å². The molecular formula is C25H27BrN4O3. The lowest BCUT2D eigenvalue weighted by atomic mass is 10.1. The number of halogens is 1. The van der Waals surface area contributed by atoms with Crippen molar-refractivity contribution in [2.45, 2.75) is 32.8 Å². The summed E-state index contributed by atoms with van der Waals surface area (Å²) in [6.07, 6.45) is 1.58. The number of amides is 1. The summed E-state index contributed by atoms with van der Waals surface area (Å²) >= 11 is 3.45. The van der Waals surface area contributed by atoms with Crippen molar-refractivity contribution in [3.8, 4) is 0 Å². The molecule has 0 saturated carbocycles. The van der Waals surface area contributed by atoms with Crippen LogP contribution in [0.1, 0.15) is 38.2 Å². The first-order chi connectivity index (χ1) is 16.1. The third kappa shape index (κ3) is 5.87. The van der Waals surface area contributed by atoms with Gasteiger partial charge >= 0.3 is 6.09 Å². The monoisotopic (exact) mass is 511 g/mol. The van der Waals surface area contributed by atoms with Gasteiger partial charge in [0, 0.05) is 59.7 Å². The molecule has 0 bridgehead atoms. The van der Waals surface area contributed by atoms with Crippen molar-refractivity contribution in [3.05, 3.63) is 64.5 Å². The van der Waals surface area contributed by atoms with Crippen LogP contribution in [-0.4, -0.2) is 58.5 Å². The van der Waals surface area contributed by atoms with Crippen molar-refractivity contribution in [2.75, 3.05) is 31.1 Å². The lowest BCUT2D eigenvalue weighted by Crippen LogP contribution is -2.50. The summed E-state index contributed by atoms with van der Waals surface area (Å²) in [5.41, 5.74) is 0.578. The zero-order chi connectivity index (χ0) is 24.5. The smallest absolute Gasteiger partial charge is 0.410 e. The van der Waals surface area contributed by atoms with Gasteiger partial charge in [0.1, 0.15) is 11.4 Å². The maximum absolute atomic E-state index is 13.0. The van der Waals surface area contributed by atoms with Crippen LogP contribution in [-0.2, 0) is 11.2 Å². The first-order valence-corrected chi connectivity index (χ1v) is 11.7. The number of ketones is 1. The number of ether oxygens (including phenoxy) is 1. The summed E-state index contributed by atoms with van der Waals surface area (Å²) in [5.74, 6) is 0.614. The molecule has 1 aliphatic heterocycles. The second kappa shape index (κ2) is 9.47. The summed E-state index contributed by atoms with van der Waals surface area (Å²) < 4.78 is 14.6. The third-order valence-corrected chi connectivity index (χ3v) is 5.81. The number of hydrogen-bond donors (Lipinski definition) is 0. The molecule has 1 aromatic carbocycles. The van der Waals surface area contributed by atoms with Crippen molar-refractivity contribution in [1.82, 2.24) is 14.9 Å². The van der Waals surface area contributed by atoms with Gasteiger partial charge in [-0.25, -0.2) is 9.78 Å². The Hall–Kier alpha value is -3.00. The molecule has 7 nitrogen and oxygen atoms in total. The van der Waals surface area contributed by atoms with E-state index >= 15 is 0 Å². The standard InChI is InChI=1S/C25H27BrN4O3/c1-25(2,3)33-24(32)30-10-8-29(9-11-30)23-14-17(6-7-27-23)22(31)15-21-13-19-12-20(26)5-4-18(19)16-28-21/h4-7,12-14,16H,8-11,15H2,1-3H3/i16D. The van der Waals surface area contributed by atoms with Crippen LogP contribution in [0.2, 0.25) is 0 Å². The fraction of sp³-hybridized carbons (Fsp3) is 0.360. The number of pyridine rings is 2. The maximum Gasteiger partial charge on any atom is 0.410 e. The van der Waals surface area contributed by atoms with Crippen LogP contribution in [0.4, 0.5) is 10.6 Å². The highest BCUT2D eigenvalue weighted by molar-refractivity contribution is 9.10. The van der Waals surface area contributed by atoms with E-state index in [1.165, 1.54) is 0 Å². The van der Waals surface area contributed by atoms with Crippen LogP contribution in [0.3, 0.4) is 0 Å². The van der Waals surface area contributed by atoms with E-state index in [1.54, 1.807) is 23.2 Å². The number of Topliss-reactive ketones (excluding diaryl/α,β-unsaturated/α-hetero) is 1. The van der Waals surface area contributed by atoms with E-state index in [4.69, 9.17) is 6.11 Å². The second-order valence-electron chi connectivity index (χ2n) is 9.05. The lowest BCUT2D eigenvalue weighted by molar-refractivity contribution is 0.0240. The highest BCUT2D eigenvalue weighted by atomic mass is 79.9. The molecule has 3 heterocycles. The van der Waals surface area contributed by atoms with Gasteiger partial charge in [-0.05, 0) is 56.5 Å². The molecule has 33 heavy (non-hydrogen) atoms. The second-order valence-corrected chi connectivity index (χ2v) is 9.96. The van der Waals surface area contributed by atoms with Crippen molar-refractivity contribution < 1.29 is 15.7 Å². The predicted octanol–water partition coefficient (Wildman–Crippen LogP) is 4.87. The third-order valence-electron chi connectivity index (χ3n) is 5.32. The van der Waals surface area contributed by atoms with Crippen molar-refractivity contribution in [2.24, 2.45) is 0 Å². The van der Waals surface area contributed by atoms with E-state index in [1.807, 2.05) is 45.0 Å². The SMILES string of the molecule is [2H]c1nc(CC(=O)c2ccnc(N3CCN(C(=O)OC(C)(C)C)CC3)c2)cc2cc(Br)ccc12. The number of carbonyl (C=O) groups is 2. The van der Waals surface area contributed by atoms with Crippen LogP contribution < -0.4 is 4.90 Å². The number of benzene rings is 1. The summed E-state index contributed by atoms with van der Waals surface area (Å²) in [7, 11) is 0. The molecule has 8 heteroatoms. The molecule has 0 aliphatic carbocycles. The molecular weight excluding hydrogens is 484 g/mol. The normalized spacial score (nSPS) is 14.8. The Morgan fingerprint density at radius 3 is 2.55 bits per heavy atom. The summed E-state index contributed by atoms with van der Waals surface area (Å²) in [6.45, 7) is 7.82. The van der Waals surface area contributed by atoms with Crippen LogP contribution in [0.15, 0.2) is 53.2 Å². The van der Waals surface area contributed by atoms with Gasteiger partial charge in [-0.15, -0.1) is 0 Å². The molecule has 1 saturated heterocycles. The first kappa shape index (κ1) is 21.8. The fourth-order valence-corrected chi connectivity index (χ4v) is 4.04. The number of nitrogens with zero attached hydrogens (tertiary/aromatic N) is 4. The van der Waals surface area contributed by atoms with Crippen LogP contribution in [0.5, 0.6) is 0 Å². The van der Waals surface area contributed by atoms with Gasteiger partial charge < -0.3 is 14.5 Å². The molecule has 0 atom stereocenters. The number of aromatic nitrogens is 2. The number of hydrogen-bond acceptors (Lipinski definition) is 6. The van der Waals surface area contributed by atoms with Gasteiger partial charge in [0.05, 0.1) is 7.79 Å². The Balaban J connectivity index is 1.43. The molecule has 172 valence electrons. The topological polar surface area (TPSA) is 75.6 Å². The molecule has 0 spiro atoms. The minimum Gasteiger partial charge on any atom is -0.444 e. The molecule has 1 amide bonds. The summed E-state index contributed by atoms with van der Waals surface area (Å²) in [6, 6.07) is 11.0. The number of piperazine rings is 1. The van der Waals surface area contributed by atoms with Gasteiger partial charge in [-0.3, -0.25) is 9.78 Å². The molecule has 3 aromatic rings. The zero-order valence-corrected chi connectivity index (χ0v) is 20.6. The number of rotatable bonds is 4. The molecule has 1 aliphatic rings. The van der Waals surface area contributed by atoms with E-state index < -0.39 is 5.60 Å². The van der Waals surface area contributed by atoms with Crippen LogP contribution in [0.25, 0.3) is 10.8 Å². The van der Waals surface area contributed by atoms with Crippen molar-refractivity contribution in [1.29, 1.82) is 0 Å². The maximum atomic E-state index is 13.0. The highest BCUT2D eigenvalue weighted by Crippen LogP contribution is 2.21. The lowest BCUT2D eigenvalue weighted by Gasteiger charge is -2.36. The molecule has 0 unspecified atom stereocenters. The van der Waals surface area contributed by atoms with Gasteiger partial charge in [0.2, 0.25) is 0 Å². The number of carbonyl (C=O) groups excluding carboxylic acids is 2. The Bertz CT molecular complexity index is 1240. The Morgan fingerprint density at radius 1 is 1.06 bits per heavy atom. The van der Waals surface area contributed by atoms with E-state index in [0.717, 1.165) is 15.2 Å². The Kier molecular flexibility index (Phi) is 6.26. The number of anilines is 1. The average Bonchev–Trinajstić information content (AvgIpc) is 2.78. The van der Waals surface area contributed by atoms with E-state index in [-0.39, 0.29) is 24.5 Å². The molecule has 0 N–H and O–H groups in total. The van der Waals surface area contributed by atoms with E-state index in [0.29, 0.717) is 43.3 Å². The van der Waals surface area contributed by atoms with Crippen molar-refractivity contribution >= 4 is 44.4 Å². The predicted molar refractivity (Wildman–Crippen MR) is 132 cm³/mol. The molecule has 4 rings (SSSR count). The average molecular weight is 512 g/mol. The Labute approximate surface area is 203 Å². The largest absolute Gasteiger partial charge is 0.444 e.